The van der Waals surface area contributed by atoms with Crippen molar-refractivity contribution in [1.29, 1.82) is 0 Å². The smallest absolute Gasteiger partial charge is 0.136 e. The molecule has 0 radical (unpaired) electrons. The SMILES string of the molecule is CC1(C)c2cc(-c3ccc4ccc5cccc6ccc3c4c56)ccc2-c2ccc3cccc(-c4ccc5c(c4)oc4ccccc45)c3c21. The number of benzene rings is 9. The van der Waals surface area contributed by atoms with Crippen LogP contribution in [0.25, 0.3) is 98.4 Å². The molecule has 1 heterocycles. The van der Waals surface area contributed by atoms with Gasteiger partial charge in [-0.1, -0.05) is 135 Å². The first-order valence-corrected chi connectivity index (χ1v) is 16.8. The fourth-order valence-corrected chi connectivity index (χ4v) is 8.97. The van der Waals surface area contributed by atoms with Crippen molar-refractivity contribution in [2.24, 2.45) is 0 Å². The number of hydrogen-bond donors (Lipinski definition) is 0. The van der Waals surface area contributed by atoms with Crippen LogP contribution < -0.4 is 0 Å². The fraction of sp³-hybridized carbons (Fsp3) is 0.0638. The Morgan fingerprint density at radius 1 is 0.396 bits per heavy atom. The van der Waals surface area contributed by atoms with Gasteiger partial charge in [0.1, 0.15) is 11.2 Å². The van der Waals surface area contributed by atoms with Crippen LogP contribution in [0.3, 0.4) is 0 Å². The van der Waals surface area contributed by atoms with Crippen LogP contribution in [0.5, 0.6) is 0 Å². The Morgan fingerprint density at radius 2 is 1.00 bits per heavy atom. The summed E-state index contributed by atoms with van der Waals surface area (Å²) in [4.78, 5) is 0. The van der Waals surface area contributed by atoms with E-state index >= 15 is 0 Å². The summed E-state index contributed by atoms with van der Waals surface area (Å²) in [5.41, 5.74) is 12.1. The van der Waals surface area contributed by atoms with Crippen LogP contribution in [0.1, 0.15) is 25.0 Å². The molecule has 0 bridgehead atoms. The average molecular weight is 611 g/mol. The van der Waals surface area contributed by atoms with Crippen LogP contribution in [-0.2, 0) is 5.41 Å². The zero-order valence-corrected chi connectivity index (χ0v) is 26.8. The van der Waals surface area contributed by atoms with Crippen molar-refractivity contribution in [2.45, 2.75) is 19.3 Å². The lowest BCUT2D eigenvalue weighted by molar-refractivity contribution is 0.666. The predicted molar refractivity (Wildman–Crippen MR) is 203 cm³/mol. The Morgan fingerprint density at radius 3 is 1.85 bits per heavy atom. The normalized spacial score (nSPS) is 13.8. The van der Waals surface area contributed by atoms with E-state index in [2.05, 4.69) is 153 Å². The maximum absolute atomic E-state index is 6.33. The molecule has 0 amide bonds. The highest BCUT2D eigenvalue weighted by molar-refractivity contribution is 6.25. The Labute approximate surface area is 278 Å². The minimum atomic E-state index is -0.191. The van der Waals surface area contributed by atoms with Crippen LogP contribution in [-0.4, -0.2) is 0 Å². The number of rotatable bonds is 2. The second-order valence-corrected chi connectivity index (χ2v) is 14.1. The lowest BCUT2D eigenvalue weighted by Crippen LogP contribution is -2.16. The summed E-state index contributed by atoms with van der Waals surface area (Å²) in [6, 6.07) is 53.9. The number of hydrogen-bond acceptors (Lipinski definition) is 1. The zero-order chi connectivity index (χ0) is 31.7. The topological polar surface area (TPSA) is 13.1 Å². The summed E-state index contributed by atoms with van der Waals surface area (Å²) in [6.45, 7) is 4.81. The van der Waals surface area contributed by atoms with Crippen molar-refractivity contribution < 1.29 is 4.42 Å². The molecule has 0 fully saturated rings. The Bertz CT molecular complexity index is 2960. The molecule has 224 valence electrons. The summed E-state index contributed by atoms with van der Waals surface area (Å²) < 4.78 is 6.33. The molecule has 0 aliphatic heterocycles. The molecule has 0 unspecified atom stereocenters. The van der Waals surface area contributed by atoms with E-state index in [1.807, 2.05) is 6.07 Å². The monoisotopic (exact) mass is 610 g/mol. The third-order valence-corrected chi connectivity index (χ3v) is 11.2. The number of furan rings is 1. The molecule has 0 spiro atoms. The van der Waals surface area contributed by atoms with Crippen LogP contribution in [0, 0.1) is 0 Å². The molecule has 1 aliphatic carbocycles. The summed E-state index contributed by atoms with van der Waals surface area (Å²) in [5.74, 6) is 0. The van der Waals surface area contributed by atoms with Gasteiger partial charge in [-0.05, 0) is 112 Å². The first kappa shape index (κ1) is 26.2. The van der Waals surface area contributed by atoms with Crippen molar-refractivity contribution in [1.82, 2.24) is 0 Å². The van der Waals surface area contributed by atoms with E-state index in [9.17, 15) is 0 Å². The van der Waals surface area contributed by atoms with Gasteiger partial charge in [0.2, 0.25) is 0 Å². The molecule has 11 rings (SSSR count). The fourth-order valence-electron chi connectivity index (χ4n) is 8.97. The second-order valence-electron chi connectivity index (χ2n) is 14.1. The van der Waals surface area contributed by atoms with E-state index in [1.54, 1.807) is 0 Å². The van der Waals surface area contributed by atoms with Crippen molar-refractivity contribution in [3.63, 3.8) is 0 Å². The zero-order valence-electron chi connectivity index (χ0n) is 26.8. The molecule has 0 atom stereocenters. The van der Waals surface area contributed by atoms with E-state index in [-0.39, 0.29) is 5.41 Å². The molecule has 48 heavy (non-hydrogen) atoms. The van der Waals surface area contributed by atoms with Crippen LogP contribution >= 0.6 is 0 Å². The molecule has 9 aromatic carbocycles. The maximum Gasteiger partial charge on any atom is 0.136 e. The van der Waals surface area contributed by atoms with Crippen molar-refractivity contribution in [3.05, 3.63) is 157 Å². The van der Waals surface area contributed by atoms with Gasteiger partial charge in [-0.3, -0.25) is 0 Å². The van der Waals surface area contributed by atoms with Crippen molar-refractivity contribution >= 4 is 65.0 Å². The molecule has 0 N–H and O–H groups in total. The molecule has 1 aromatic heterocycles. The summed E-state index contributed by atoms with van der Waals surface area (Å²) in [7, 11) is 0. The van der Waals surface area contributed by atoms with Gasteiger partial charge < -0.3 is 4.42 Å². The number of para-hydroxylation sites is 1. The summed E-state index contributed by atoms with van der Waals surface area (Å²) in [6.07, 6.45) is 0. The van der Waals surface area contributed by atoms with E-state index in [1.165, 1.54) is 87.6 Å². The van der Waals surface area contributed by atoms with Crippen LogP contribution in [0.15, 0.2) is 150 Å². The Hall–Kier alpha value is -5.92. The maximum atomic E-state index is 6.33. The quantitative estimate of drug-likeness (QED) is 0.178. The van der Waals surface area contributed by atoms with Crippen LogP contribution in [0.4, 0.5) is 0 Å². The minimum absolute atomic E-state index is 0.191. The van der Waals surface area contributed by atoms with E-state index in [0.29, 0.717) is 0 Å². The molecular formula is C47H30O. The highest BCUT2D eigenvalue weighted by atomic mass is 16.3. The highest BCUT2D eigenvalue weighted by Crippen LogP contribution is 2.54. The molecule has 0 saturated heterocycles. The van der Waals surface area contributed by atoms with Gasteiger partial charge in [-0.25, -0.2) is 0 Å². The predicted octanol–water partition coefficient (Wildman–Crippen LogP) is 13.3. The molecular weight excluding hydrogens is 581 g/mol. The van der Waals surface area contributed by atoms with Gasteiger partial charge in [-0.15, -0.1) is 0 Å². The highest BCUT2D eigenvalue weighted by Gasteiger charge is 2.38. The van der Waals surface area contributed by atoms with Gasteiger partial charge in [0, 0.05) is 16.2 Å². The van der Waals surface area contributed by atoms with Crippen molar-refractivity contribution in [2.75, 3.05) is 0 Å². The van der Waals surface area contributed by atoms with Gasteiger partial charge in [0.25, 0.3) is 0 Å². The second kappa shape index (κ2) is 9.12. The summed E-state index contributed by atoms with van der Waals surface area (Å²) in [5, 5.41) is 12.9. The molecule has 1 heteroatoms. The van der Waals surface area contributed by atoms with Gasteiger partial charge in [-0.2, -0.15) is 0 Å². The van der Waals surface area contributed by atoms with Gasteiger partial charge >= 0.3 is 0 Å². The van der Waals surface area contributed by atoms with Crippen molar-refractivity contribution in [3.8, 4) is 33.4 Å². The minimum Gasteiger partial charge on any atom is -0.456 e. The lowest BCUT2D eigenvalue weighted by atomic mass is 9.78. The third kappa shape index (κ3) is 3.35. The van der Waals surface area contributed by atoms with Crippen LogP contribution in [0.2, 0.25) is 0 Å². The summed E-state index contributed by atoms with van der Waals surface area (Å²) >= 11 is 0. The van der Waals surface area contributed by atoms with Gasteiger partial charge in [0.15, 0.2) is 0 Å². The Balaban J connectivity index is 1.11. The molecule has 0 saturated carbocycles. The van der Waals surface area contributed by atoms with E-state index in [4.69, 9.17) is 4.42 Å². The molecule has 10 aromatic rings. The first-order valence-electron chi connectivity index (χ1n) is 16.8. The third-order valence-electron chi connectivity index (χ3n) is 11.2. The van der Waals surface area contributed by atoms with Gasteiger partial charge in [0.05, 0.1) is 0 Å². The first-order chi connectivity index (χ1) is 23.5. The average Bonchev–Trinajstić information content (AvgIpc) is 3.61. The molecule has 1 nitrogen and oxygen atoms in total. The number of fused-ring (bicyclic) bond motifs is 8. The lowest BCUT2D eigenvalue weighted by Gasteiger charge is -2.25. The largest absolute Gasteiger partial charge is 0.456 e. The van der Waals surface area contributed by atoms with E-state index in [0.717, 1.165) is 21.9 Å². The standard InChI is InChI=1S/C47H30O/c1-47(2)40-25-31(33-20-15-30-14-13-27-7-5-8-28-16-23-38(33)44(30)43(27)28)18-21-35(40)39-24-17-29-9-6-11-34(45(29)46(39)47)32-19-22-37-36-10-3-4-12-41(36)48-42(37)26-32/h3-26H,1-2H3. The molecule has 1 aliphatic rings. The Kier molecular flexibility index (Phi) is 4.97. The van der Waals surface area contributed by atoms with E-state index < -0.39 is 0 Å².